The molecule has 7 nitrogen and oxygen atoms in total. The zero-order chi connectivity index (χ0) is 25.0. The van der Waals surface area contributed by atoms with E-state index in [-0.39, 0.29) is 22.6 Å². The third kappa shape index (κ3) is 5.59. The number of ether oxygens (including phenoxy) is 1. The maximum absolute atomic E-state index is 12.3. The van der Waals surface area contributed by atoms with E-state index >= 15 is 0 Å². The summed E-state index contributed by atoms with van der Waals surface area (Å²) in [6.45, 7) is 0.426. The third-order valence-corrected chi connectivity index (χ3v) is 5.11. The number of carbonyl (C=O) groups excluding carboxylic acids is 1. The van der Waals surface area contributed by atoms with Gasteiger partial charge in [-0.25, -0.2) is 5.43 Å². The molecule has 1 heterocycles. The summed E-state index contributed by atoms with van der Waals surface area (Å²) in [6.07, 6.45) is -1.40. The zero-order valence-electron chi connectivity index (χ0n) is 18.0. The molecular formula is C25H17F3N4O3. The topological polar surface area (TPSA) is 99.6 Å². The van der Waals surface area contributed by atoms with Gasteiger partial charge in [0.1, 0.15) is 17.6 Å². The molecule has 10 heteroatoms. The second kappa shape index (κ2) is 9.61. The Morgan fingerprint density at radius 1 is 1.14 bits per heavy atom. The number of fused-ring (bicyclic) bond motifs is 1. The van der Waals surface area contributed by atoms with Gasteiger partial charge >= 0.3 is 6.36 Å². The van der Waals surface area contributed by atoms with Gasteiger partial charge in [0.15, 0.2) is 0 Å². The molecule has 0 aliphatic heterocycles. The Kier molecular flexibility index (Phi) is 6.42. The highest BCUT2D eigenvalue weighted by Crippen LogP contribution is 2.24. The van der Waals surface area contributed by atoms with Crippen LogP contribution in [-0.4, -0.2) is 28.2 Å². The van der Waals surface area contributed by atoms with E-state index in [0.717, 1.165) is 22.0 Å². The molecule has 0 saturated heterocycles. The van der Waals surface area contributed by atoms with Gasteiger partial charge in [0.2, 0.25) is 0 Å². The number of hydrazone groups is 1. The van der Waals surface area contributed by atoms with E-state index in [1.165, 1.54) is 36.5 Å². The molecule has 4 rings (SSSR count). The van der Waals surface area contributed by atoms with Crippen LogP contribution < -0.4 is 10.2 Å². The molecule has 0 fully saturated rings. The van der Waals surface area contributed by atoms with E-state index in [1.54, 1.807) is 18.2 Å². The van der Waals surface area contributed by atoms with E-state index in [1.807, 2.05) is 35.0 Å². The van der Waals surface area contributed by atoms with Crippen molar-refractivity contribution < 1.29 is 27.8 Å². The number of amides is 1. The van der Waals surface area contributed by atoms with Crippen LogP contribution in [-0.2, 0) is 6.54 Å². The number of phenols is 1. The first-order valence-electron chi connectivity index (χ1n) is 10.2. The lowest BCUT2D eigenvalue weighted by molar-refractivity contribution is -0.274. The Balaban J connectivity index is 1.47. The fraction of sp³-hybridized carbons (Fsp3) is 0.0800. The molecule has 0 radical (unpaired) electrons. The standard InChI is InChI=1S/C25H17F3N4O3/c26-25(27,28)35-20-7-4-16(5-8-20)15-32-11-10-21-18(2-1-3-22(21)32)14-30-31-24(34)17-6-9-23(33)19(12-17)13-29/h1-12,14,33H,15H2,(H,31,34)/b30-14+. The summed E-state index contributed by atoms with van der Waals surface area (Å²) in [6, 6.07) is 18.8. The van der Waals surface area contributed by atoms with Crippen molar-refractivity contribution >= 4 is 23.0 Å². The van der Waals surface area contributed by atoms with Crippen LogP contribution in [0.25, 0.3) is 10.9 Å². The zero-order valence-corrected chi connectivity index (χ0v) is 18.0. The molecule has 0 aliphatic carbocycles. The molecule has 2 N–H and O–H groups in total. The van der Waals surface area contributed by atoms with Crippen molar-refractivity contribution in [3.05, 3.63) is 95.2 Å². The molecular weight excluding hydrogens is 461 g/mol. The van der Waals surface area contributed by atoms with Gasteiger partial charge in [-0.3, -0.25) is 4.79 Å². The van der Waals surface area contributed by atoms with Crippen molar-refractivity contribution in [1.29, 1.82) is 5.26 Å². The van der Waals surface area contributed by atoms with E-state index in [2.05, 4.69) is 15.3 Å². The fourth-order valence-corrected chi connectivity index (χ4v) is 3.48. The predicted molar refractivity (Wildman–Crippen MR) is 122 cm³/mol. The Hall–Kier alpha value is -4.78. The number of benzene rings is 3. The first kappa shape index (κ1) is 23.4. The maximum Gasteiger partial charge on any atom is 0.573 e. The fourth-order valence-electron chi connectivity index (χ4n) is 3.48. The summed E-state index contributed by atoms with van der Waals surface area (Å²) < 4.78 is 42.9. The Morgan fingerprint density at radius 3 is 2.63 bits per heavy atom. The summed E-state index contributed by atoms with van der Waals surface area (Å²) in [5.41, 5.74) is 4.94. The lowest BCUT2D eigenvalue weighted by Crippen LogP contribution is -2.17. The predicted octanol–water partition coefficient (Wildman–Crippen LogP) is 4.93. The van der Waals surface area contributed by atoms with Gasteiger partial charge in [-0.05, 0) is 48.0 Å². The molecule has 4 aromatic rings. The Bertz CT molecular complexity index is 1450. The van der Waals surface area contributed by atoms with E-state index in [0.29, 0.717) is 6.54 Å². The van der Waals surface area contributed by atoms with Crippen LogP contribution in [0.15, 0.2) is 78.0 Å². The van der Waals surface area contributed by atoms with E-state index in [4.69, 9.17) is 5.26 Å². The highest BCUT2D eigenvalue weighted by molar-refractivity contribution is 6.00. The lowest BCUT2D eigenvalue weighted by Gasteiger charge is -2.10. The van der Waals surface area contributed by atoms with Crippen molar-refractivity contribution in [2.24, 2.45) is 5.10 Å². The number of aromatic hydroxyl groups is 1. The number of nitrogens with zero attached hydrogens (tertiary/aromatic N) is 3. The second-order valence-electron chi connectivity index (χ2n) is 7.46. The van der Waals surface area contributed by atoms with Crippen molar-refractivity contribution in [1.82, 2.24) is 9.99 Å². The summed E-state index contributed by atoms with van der Waals surface area (Å²) in [4.78, 5) is 12.3. The van der Waals surface area contributed by atoms with Crippen molar-refractivity contribution in [2.75, 3.05) is 0 Å². The van der Waals surface area contributed by atoms with Crippen LogP contribution in [0.1, 0.15) is 27.0 Å². The van der Waals surface area contributed by atoms with Crippen LogP contribution >= 0.6 is 0 Å². The number of hydrogen-bond acceptors (Lipinski definition) is 5. The SMILES string of the molecule is N#Cc1cc(C(=O)N/N=C/c2cccc3c2ccn3Cc2ccc(OC(F)(F)F)cc2)ccc1O. The molecule has 0 saturated carbocycles. The molecule has 0 atom stereocenters. The van der Waals surface area contributed by atoms with Crippen LogP contribution in [0.5, 0.6) is 11.5 Å². The van der Waals surface area contributed by atoms with Gasteiger partial charge in [0.25, 0.3) is 5.91 Å². The molecule has 176 valence electrons. The molecule has 0 aliphatic rings. The monoisotopic (exact) mass is 478 g/mol. The highest BCUT2D eigenvalue weighted by Gasteiger charge is 2.30. The van der Waals surface area contributed by atoms with Crippen LogP contribution in [0.2, 0.25) is 0 Å². The van der Waals surface area contributed by atoms with Gasteiger partial charge < -0.3 is 14.4 Å². The minimum absolute atomic E-state index is 0.0183. The number of aromatic nitrogens is 1. The number of carbonyl (C=O) groups is 1. The quantitative estimate of drug-likeness (QED) is 0.303. The Labute approximate surface area is 197 Å². The van der Waals surface area contributed by atoms with Gasteiger partial charge in [0, 0.05) is 34.8 Å². The number of rotatable bonds is 6. The largest absolute Gasteiger partial charge is 0.573 e. The highest BCUT2D eigenvalue weighted by atomic mass is 19.4. The summed E-state index contributed by atoms with van der Waals surface area (Å²) in [5, 5.41) is 23.4. The maximum atomic E-state index is 12.3. The van der Waals surface area contributed by atoms with Gasteiger partial charge in [-0.2, -0.15) is 10.4 Å². The number of halogens is 3. The van der Waals surface area contributed by atoms with Gasteiger partial charge in [-0.15, -0.1) is 13.2 Å². The minimum Gasteiger partial charge on any atom is -0.507 e. The van der Waals surface area contributed by atoms with Gasteiger partial charge in [-0.1, -0.05) is 24.3 Å². The van der Waals surface area contributed by atoms with Crippen LogP contribution in [0, 0.1) is 11.3 Å². The van der Waals surface area contributed by atoms with Gasteiger partial charge in [0.05, 0.1) is 11.8 Å². The van der Waals surface area contributed by atoms with Crippen LogP contribution in [0.3, 0.4) is 0 Å². The average Bonchev–Trinajstić information content (AvgIpc) is 3.23. The van der Waals surface area contributed by atoms with Crippen LogP contribution in [0.4, 0.5) is 13.2 Å². The van der Waals surface area contributed by atoms with Crippen molar-refractivity contribution in [3.8, 4) is 17.6 Å². The Morgan fingerprint density at radius 2 is 1.91 bits per heavy atom. The average molecular weight is 478 g/mol. The smallest absolute Gasteiger partial charge is 0.507 e. The van der Waals surface area contributed by atoms with E-state index < -0.39 is 12.3 Å². The summed E-state index contributed by atoms with van der Waals surface area (Å²) in [7, 11) is 0. The number of nitrogens with one attached hydrogen (secondary N) is 1. The second-order valence-corrected chi connectivity index (χ2v) is 7.46. The summed E-state index contributed by atoms with van der Waals surface area (Å²) >= 11 is 0. The minimum atomic E-state index is -4.74. The molecule has 3 aromatic carbocycles. The normalized spacial score (nSPS) is 11.5. The van der Waals surface area contributed by atoms with Crippen molar-refractivity contribution in [3.63, 3.8) is 0 Å². The molecule has 1 aromatic heterocycles. The molecule has 0 spiro atoms. The molecule has 0 bridgehead atoms. The number of phenolic OH excluding ortho intramolecular Hbond substituents is 1. The molecule has 1 amide bonds. The lowest BCUT2D eigenvalue weighted by atomic mass is 10.1. The van der Waals surface area contributed by atoms with Crippen molar-refractivity contribution in [2.45, 2.75) is 12.9 Å². The summed E-state index contributed by atoms with van der Waals surface area (Å²) in [5.74, 6) is -1.04. The first-order chi connectivity index (χ1) is 16.7. The number of alkyl halides is 3. The molecule has 35 heavy (non-hydrogen) atoms. The number of hydrogen-bond donors (Lipinski definition) is 2. The first-order valence-corrected chi connectivity index (χ1v) is 10.2. The van der Waals surface area contributed by atoms with E-state index in [9.17, 15) is 23.1 Å². The number of nitriles is 1. The third-order valence-electron chi connectivity index (χ3n) is 5.11. The molecule has 0 unspecified atom stereocenters.